The van der Waals surface area contributed by atoms with Gasteiger partial charge in [0.1, 0.15) is 0 Å². The highest BCUT2D eigenvalue weighted by atomic mass is 14.9. The second-order valence-corrected chi connectivity index (χ2v) is 4.84. The van der Waals surface area contributed by atoms with Crippen molar-refractivity contribution in [2.24, 2.45) is 5.92 Å². The van der Waals surface area contributed by atoms with Crippen LogP contribution in [0.4, 0.5) is 0 Å². The highest BCUT2D eigenvalue weighted by molar-refractivity contribution is 5.82. The molecule has 2 unspecified atom stereocenters. The number of benzene rings is 1. The first-order valence-electron chi connectivity index (χ1n) is 6.85. The van der Waals surface area contributed by atoms with Crippen LogP contribution in [-0.2, 0) is 0 Å². The summed E-state index contributed by atoms with van der Waals surface area (Å²) < 4.78 is 0. The van der Waals surface area contributed by atoms with Crippen molar-refractivity contribution >= 4 is 10.9 Å². The summed E-state index contributed by atoms with van der Waals surface area (Å²) in [7, 11) is 0. The molecule has 0 saturated heterocycles. The molecule has 1 heterocycles. The van der Waals surface area contributed by atoms with Crippen LogP contribution in [0.2, 0.25) is 0 Å². The van der Waals surface area contributed by atoms with E-state index in [0.717, 1.165) is 12.1 Å². The Hall–Kier alpha value is -1.41. The summed E-state index contributed by atoms with van der Waals surface area (Å²) in [6.07, 6.45) is 3.03. The lowest BCUT2D eigenvalue weighted by atomic mass is 9.90. The van der Waals surface area contributed by atoms with Crippen LogP contribution in [0.15, 0.2) is 36.5 Å². The topological polar surface area (TPSA) is 24.9 Å². The molecule has 0 fully saturated rings. The van der Waals surface area contributed by atoms with E-state index in [1.54, 1.807) is 0 Å². The van der Waals surface area contributed by atoms with Gasteiger partial charge in [0, 0.05) is 17.6 Å². The average Bonchev–Trinajstić information content (AvgIpc) is 2.43. The maximum atomic E-state index is 4.44. The van der Waals surface area contributed by atoms with Gasteiger partial charge in [-0.2, -0.15) is 0 Å². The molecule has 2 heteroatoms. The number of aromatic nitrogens is 1. The van der Waals surface area contributed by atoms with Gasteiger partial charge in [-0.15, -0.1) is 0 Å². The molecule has 96 valence electrons. The predicted molar refractivity (Wildman–Crippen MR) is 77.6 cm³/mol. The molecule has 0 saturated carbocycles. The van der Waals surface area contributed by atoms with E-state index in [1.807, 2.05) is 12.3 Å². The molecule has 2 rings (SSSR count). The molecule has 1 aromatic carbocycles. The molecule has 0 spiro atoms. The Morgan fingerprint density at radius 3 is 2.72 bits per heavy atom. The Balaban J connectivity index is 2.49. The summed E-state index contributed by atoms with van der Waals surface area (Å²) >= 11 is 0. The highest BCUT2D eigenvalue weighted by Gasteiger charge is 2.18. The Morgan fingerprint density at radius 2 is 2.00 bits per heavy atom. The van der Waals surface area contributed by atoms with Crippen LogP contribution in [0.3, 0.4) is 0 Å². The van der Waals surface area contributed by atoms with Gasteiger partial charge in [0.2, 0.25) is 0 Å². The van der Waals surface area contributed by atoms with Crippen LogP contribution in [0.25, 0.3) is 10.9 Å². The molecule has 2 aromatic rings. The Labute approximate surface area is 109 Å². The van der Waals surface area contributed by atoms with Crippen LogP contribution >= 0.6 is 0 Å². The molecule has 0 aliphatic rings. The minimum atomic E-state index is 0.410. The monoisotopic (exact) mass is 242 g/mol. The van der Waals surface area contributed by atoms with Crippen molar-refractivity contribution in [3.8, 4) is 0 Å². The molecule has 0 amide bonds. The zero-order valence-electron chi connectivity index (χ0n) is 11.5. The van der Waals surface area contributed by atoms with Crippen molar-refractivity contribution in [3.63, 3.8) is 0 Å². The van der Waals surface area contributed by atoms with E-state index < -0.39 is 0 Å². The van der Waals surface area contributed by atoms with Crippen LogP contribution in [-0.4, -0.2) is 11.5 Å². The number of rotatable bonds is 5. The molecule has 1 N–H and O–H groups in total. The summed E-state index contributed by atoms with van der Waals surface area (Å²) in [5.41, 5.74) is 2.46. The van der Waals surface area contributed by atoms with Crippen LogP contribution in [0.5, 0.6) is 0 Å². The number of fused-ring (bicyclic) bond motifs is 1. The molecule has 2 atom stereocenters. The lowest BCUT2D eigenvalue weighted by Gasteiger charge is -2.25. The van der Waals surface area contributed by atoms with Gasteiger partial charge >= 0.3 is 0 Å². The van der Waals surface area contributed by atoms with E-state index in [0.29, 0.717) is 12.0 Å². The van der Waals surface area contributed by atoms with Crippen molar-refractivity contribution < 1.29 is 0 Å². The van der Waals surface area contributed by atoms with E-state index in [4.69, 9.17) is 0 Å². The second kappa shape index (κ2) is 5.96. The number of pyridine rings is 1. The van der Waals surface area contributed by atoms with Gasteiger partial charge in [-0.05, 0) is 30.2 Å². The summed E-state index contributed by atoms with van der Waals surface area (Å²) in [4.78, 5) is 4.44. The molecule has 0 bridgehead atoms. The van der Waals surface area contributed by atoms with Crippen molar-refractivity contribution in [1.82, 2.24) is 10.3 Å². The van der Waals surface area contributed by atoms with Gasteiger partial charge in [-0.1, -0.05) is 45.4 Å². The van der Waals surface area contributed by atoms with Gasteiger partial charge in [-0.3, -0.25) is 4.98 Å². The zero-order valence-corrected chi connectivity index (χ0v) is 11.5. The first kappa shape index (κ1) is 13.0. The van der Waals surface area contributed by atoms with Crippen molar-refractivity contribution in [2.45, 2.75) is 33.2 Å². The van der Waals surface area contributed by atoms with E-state index in [9.17, 15) is 0 Å². The standard InChI is InChI=1S/C16H22N2/c1-4-12(3)16(17-5-2)14-8-6-10-15-13(14)9-7-11-18-15/h6-12,16-17H,4-5H2,1-3H3. The first-order valence-corrected chi connectivity index (χ1v) is 6.85. The van der Waals surface area contributed by atoms with Crippen LogP contribution in [0.1, 0.15) is 38.8 Å². The molecule has 0 aliphatic carbocycles. The lowest BCUT2D eigenvalue weighted by molar-refractivity contribution is 0.386. The fourth-order valence-corrected chi connectivity index (χ4v) is 2.47. The number of hydrogen-bond donors (Lipinski definition) is 1. The maximum Gasteiger partial charge on any atom is 0.0705 e. The van der Waals surface area contributed by atoms with Crippen molar-refractivity contribution in [3.05, 3.63) is 42.1 Å². The fraction of sp³-hybridized carbons (Fsp3) is 0.438. The van der Waals surface area contributed by atoms with E-state index in [-0.39, 0.29) is 0 Å². The first-order chi connectivity index (χ1) is 8.77. The van der Waals surface area contributed by atoms with E-state index >= 15 is 0 Å². The molecule has 1 aromatic heterocycles. The highest BCUT2D eigenvalue weighted by Crippen LogP contribution is 2.29. The quantitative estimate of drug-likeness (QED) is 0.859. The average molecular weight is 242 g/mol. The minimum absolute atomic E-state index is 0.410. The third-order valence-corrected chi connectivity index (χ3v) is 3.65. The fourth-order valence-electron chi connectivity index (χ4n) is 2.47. The van der Waals surface area contributed by atoms with Crippen molar-refractivity contribution in [1.29, 1.82) is 0 Å². The van der Waals surface area contributed by atoms with Crippen molar-refractivity contribution in [2.75, 3.05) is 6.54 Å². The van der Waals surface area contributed by atoms with Gasteiger partial charge in [-0.25, -0.2) is 0 Å². The largest absolute Gasteiger partial charge is 0.310 e. The third-order valence-electron chi connectivity index (χ3n) is 3.65. The zero-order chi connectivity index (χ0) is 13.0. The summed E-state index contributed by atoms with van der Waals surface area (Å²) in [5.74, 6) is 0.621. The van der Waals surface area contributed by atoms with E-state index in [2.05, 4.69) is 55.3 Å². The van der Waals surface area contributed by atoms with Gasteiger partial charge in [0.05, 0.1) is 5.52 Å². The summed E-state index contributed by atoms with van der Waals surface area (Å²) in [6, 6.07) is 11.0. The predicted octanol–water partition coefficient (Wildman–Crippen LogP) is 3.93. The summed E-state index contributed by atoms with van der Waals surface area (Å²) in [6.45, 7) is 7.71. The van der Waals surface area contributed by atoms with E-state index in [1.165, 1.54) is 17.4 Å². The molecule has 2 nitrogen and oxygen atoms in total. The smallest absolute Gasteiger partial charge is 0.0705 e. The summed E-state index contributed by atoms with van der Waals surface area (Å²) in [5, 5.41) is 4.88. The number of nitrogens with zero attached hydrogens (tertiary/aromatic N) is 1. The molecule has 0 aliphatic heterocycles. The Morgan fingerprint density at radius 1 is 1.17 bits per heavy atom. The Bertz CT molecular complexity index is 502. The normalized spacial score (nSPS) is 14.6. The minimum Gasteiger partial charge on any atom is -0.310 e. The Kier molecular flexibility index (Phi) is 4.32. The number of nitrogens with one attached hydrogen (secondary N) is 1. The SMILES string of the molecule is CCNC(c1cccc2ncccc12)C(C)CC. The third kappa shape index (κ3) is 2.54. The van der Waals surface area contributed by atoms with Gasteiger partial charge in [0.25, 0.3) is 0 Å². The van der Waals surface area contributed by atoms with Crippen LogP contribution < -0.4 is 5.32 Å². The maximum absolute atomic E-state index is 4.44. The molecule has 0 radical (unpaired) electrons. The van der Waals surface area contributed by atoms with Gasteiger partial charge < -0.3 is 5.32 Å². The molecular weight excluding hydrogens is 220 g/mol. The molecule has 18 heavy (non-hydrogen) atoms. The lowest BCUT2D eigenvalue weighted by Crippen LogP contribution is -2.26. The van der Waals surface area contributed by atoms with Gasteiger partial charge in [0.15, 0.2) is 0 Å². The van der Waals surface area contributed by atoms with Crippen LogP contribution in [0, 0.1) is 5.92 Å². The molecular formula is C16H22N2. The second-order valence-electron chi connectivity index (χ2n) is 4.84. The number of hydrogen-bond acceptors (Lipinski definition) is 2.